The van der Waals surface area contributed by atoms with Crippen molar-refractivity contribution >= 4 is 52.2 Å². The van der Waals surface area contributed by atoms with Gasteiger partial charge in [0.15, 0.2) is 0 Å². The van der Waals surface area contributed by atoms with Gasteiger partial charge >= 0.3 is 0 Å². The molecule has 2 aromatic rings. The lowest BCUT2D eigenvalue weighted by atomic mass is 9.96. The molecule has 0 radical (unpaired) electrons. The summed E-state index contributed by atoms with van der Waals surface area (Å²) in [7, 11) is 0. The van der Waals surface area contributed by atoms with Gasteiger partial charge in [-0.15, -0.1) is 0 Å². The molecular formula is C22H20ClN3O5S. The lowest BCUT2D eigenvalue weighted by Crippen LogP contribution is -2.38. The first-order chi connectivity index (χ1) is 15.3. The van der Waals surface area contributed by atoms with Crippen LogP contribution in [0.5, 0.6) is 0 Å². The first-order valence-electron chi connectivity index (χ1n) is 9.83. The van der Waals surface area contributed by atoms with Crippen LogP contribution in [0.1, 0.15) is 30.4 Å². The van der Waals surface area contributed by atoms with Crippen LogP contribution in [0.2, 0.25) is 5.02 Å². The summed E-state index contributed by atoms with van der Waals surface area (Å²) in [6.07, 6.45) is 2.03. The zero-order valence-electron chi connectivity index (χ0n) is 17.1. The van der Waals surface area contributed by atoms with Crippen LogP contribution in [0, 0.1) is 10.1 Å². The van der Waals surface area contributed by atoms with Gasteiger partial charge in [0.1, 0.15) is 5.02 Å². The molecule has 1 aliphatic rings. The Labute approximate surface area is 193 Å². The van der Waals surface area contributed by atoms with Crippen LogP contribution >= 0.6 is 23.4 Å². The van der Waals surface area contributed by atoms with Gasteiger partial charge in [-0.1, -0.05) is 54.9 Å². The number of nitro benzene ring substituents is 1. The van der Waals surface area contributed by atoms with Gasteiger partial charge in [-0.3, -0.25) is 29.4 Å². The van der Waals surface area contributed by atoms with E-state index in [-0.39, 0.29) is 40.5 Å². The number of nitro groups is 1. The summed E-state index contributed by atoms with van der Waals surface area (Å²) < 4.78 is 0. The van der Waals surface area contributed by atoms with Crippen LogP contribution in [0.25, 0.3) is 6.08 Å². The van der Waals surface area contributed by atoms with Gasteiger partial charge in [-0.25, -0.2) is 0 Å². The molecule has 166 valence electrons. The van der Waals surface area contributed by atoms with Crippen molar-refractivity contribution in [2.24, 2.45) is 0 Å². The maximum Gasteiger partial charge on any atom is 0.293 e. The minimum absolute atomic E-state index is 0.0168. The Bertz CT molecular complexity index is 1090. The average Bonchev–Trinajstić information content (AvgIpc) is 3.03. The van der Waals surface area contributed by atoms with Gasteiger partial charge in [0.25, 0.3) is 16.8 Å². The molecule has 2 aromatic carbocycles. The number of amides is 3. The third-order valence-electron chi connectivity index (χ3n) is 4.90. The number of hydrogen-bond acceptors (Lipinski definition) is 6. The van der Waals surface area contributed by atoms with Crippen molar-refractivity contribution in [3.05, 3.63) is 79.7 Å². The number of imide groups is 1. The van der Waals surface area contributed by atoms with Crippen molar-refractivity contribution in [1.29, 1.82) is 0 Å². The van der Waals surface area contributed by atoms with E-state index in [4.69, 9.17) is 11.6 Å². The minimum Gasteiger partial charge on any atom is -0.354 e. The number of carbonyl (C=O) groups excluding carboxylic acids is 3. The first kappa shape index (κ1) is 23.5. The van der Waals surface area contributed by atoms with Crippen LogP contribution in [0.4, 0.5) is 10.5 Å². The number of halogens is 1. The Balaban J connectivity index is 1.63. The second-order valence-corrected chi connectivity index (χ2v) is 8.36. The van der Waals surface area contributed by atoms with E-state index in [1.165, 1.54) is 24.3 Å². The van der Waals surface area contributed by atoms with Gasteiger partial charge < -0.3 is 5.32 Å². The highest BCUT2D eigenvalue weighted by Gasteiger charge is 2.35. The largest absolute Gasteiger partial charge is 0.354 e. The Hall–Kier alpha value is -3.17. The molecule has 0 spiro atoms. The summed E-state index contributed by atoms with van der Waals surface area (Å²) in [6.45, 7) is 2.07. The highest BCUT2D eigenvalue weighted by molar-refractivity contribution is 8.18. The molecule has 1 fully saturated rings. The maximum atomic E-state index is 12.6. The summed E-state index contributed by atoms with van der Waals surface area (Å²) >= 11 is 6.55. The van der Waals surface area contributed by atoms with E-state index in [0.717, 1.165) is 22.2 Å². The molecule has 1 saturated heterocycles. The van der Waals surface area contributed by atoms with E-state index in [1.54, 1.807) is 0 Å². The van der Waals surface area contributed by atoms with E-state index < -0.39 is 16.1 Å². The molecule has 0 bridgehead atoms. The number of nitrogens with one attached hydrogen (secondary N) is 1. The second-order valence-electron chi connectivity index (χ2n) is 6.96. The molecular weight excluding hydrogens is 454 g/mol. The lowest BCUT2D eigenvalue weighted by molar-refractivity contribution is -0.384. The summed E-state index contributed by atoms with van der Waals surface area (Å²) in [4.78, 5) is 49.1. The highest BCUT2D eigenvalue weighted by Crippen LogP contribution is 2.33. The van der Waals surface area contributed by atoms with Gasteiger partial charge in [-0.2, -0.15) is 0 Å². The summed E-state index contributed by atoms with van der Waals surface area (Å²) in [5, 5.41) is 13.4. The fourth-order valence-electron chi connectivity index (χ4n) is 3.28. The molecule has 3 rings (SSSR count). The molecule has 1 N–H and O–H groups in total. The molecule has 1 heterocycles. The number of benzene rings is 2. The predicted octanol–water partition coefficient (Wildman–Crippen LogP) is 4.59. The van der Waals surface area contributed by atoms with Gasteiger partial charge in [0.2, 0.25) is 5.91 Å². The summed E-state index contributed by atoms with van der Waals surface area (Å²) in [6, 6.07) is 13.5. The molecule has 32 heavy (non-hydrogen) atoms. The van der Waals surface area contributed by atoms with Crippen LogP contribution < -0.4 is 5.32 Å². The highest BCUT2D eigenvalue weighted by atomic mass is 35.5. The zero-order valence-corrected chi connectivity index (χ0v) is 18.7. The van der Waals surface area contributed by atoms with E-state index in [2.05, 4.69) is 5.32 Å². The summed E-state index contributed by atoms with van der Waals surface area (Å²) in [5.41, 5.74) is 0.999. The topological polar surface area (TPSA) is 110 Å². The normalized spacial score (nSPS) is 15.8. The summed E-state index contributed by atoms with van der Waals surface area (Å²) in [5.74, 6) is -0.997. The molecule has 10 heteroatoms. The number of carbonyl (C=O) groups is 3. The third kappa shape index (κ3) is 5.35. The zero-order chi connectivity index (χ0) is 23.3. The van der Waals surface area contributed by atoms with E-state index in [9.17, 15) is 24.5 Å². The lowest BCUT2D eigenvalue weighted by Gasteiger charge is -2.17. The van der Waals surface area contributed by atoms with Gasteiger partial charge in [0.05, 0.1) is 15.7 Å². The van der Waals surface area contributed by atoms with Gasteiger partial charge in [-0.05, 0) is 41.5 Å². The van der Waals surface area contributed by atoms with Crippen molar-refractivity contribution in [1.82, 2.24) is 10.2 Å². The first-order valence-corrected chi connectivity index (χ1v) is 11.0. The Morgan fingerprint density at radius 1 is 1.25 bits per heavy atom. The smallest absolute Gasteiger partial charge is 0.293 e. The molecule has 3 amide bonds. The quantitative estimate of drug-likeness (QED) is 0.341. The minimum atomic E-state index is -0.618. The number of rotatable bonds is 8. The number of hydrogen-bond donors (Lipinski definition) is 1. The average molecular weight is 474 g/mol. The van der Waals surface area contributed by atoms with Crippen LogP contribution in [0.3, 0.4) is 0 Å². The van der Waals surface area contributed by atoms with Crippen molar-refractivity contribution in [3.8, 4) is 0 Å². The van der Waals surface area contributed by atoms with Crippen molar-refractivity contribution in [3.63, 3.8) is 0 Å². The standard InChI is InChI=1S/C22H20ClN3O5S/c1-2-16(15-6-4-3-5-7-15)20(27)24-10-11-25-21(28)19(32-22(25)29)13-14-8-9-17(23)18(12-14)26(30)31/h3-9,12-13,16H,2,10-11H2,1H3,(H,24,27)/b19-13-. The van der Waals surface area contributed by atoms with E-state index >= 15 is 0 Å². The Morgan fingerprint density at radius 2 is 1.97 bits per heavy atom. The monoisotopic (exact) mass is 473 g/mol. The fourth-order valence-corrected chi connectivity index (χ4v) is 4.33. The Morgan fingerprint density at radius 3 is 2.62 bits per heavy atom. The third-order valence-corrected chi connectivity index (χ3v) is 6.13. The van der Waals surface area contributed by atoms with Crippen molar-refractivity contribution < 1.29 is 19.3 Å². The van der Waals surface area contributed by atoms with Crippen LogP contribution in [-0.4, -0.2) is 40.0 Å². The molecule has 0 aromatic heterocycles. The van der Waals surface area contributed by atoms with Crippen molar-refractivity contribution in [2.45, 2.75) is 19.3 Å². The van der Waals surface area contributed by atoms with Gasteiger partial charge in [0, 0.05) is 19.2 Å². The van der Waals surface area contributed by atoms with E-state index in [1.807, 2.05) is 37.3 Å². The molecule has 0 saturated carbocycles. The molecule has 1 atom stereocenters. The SMILES string of the molecule is CCC(C(=O)NCCN1C(=O)S/C(=C\c2ccc(Cl)c([N+](=O)[O-])c2)C1=O)c1ccccc1. The van der Waals surface area contributed by atoms with Crippen molar-refractivity contribution in [2.75, 3.05) is 13.1 Å². The Kier molecular flexibility index (Phi) is 7.66. The molecule has 1 aliphatic heterocycles. The predicted molar refractivity (Wildman–Crippen MR) is 123 cm³/mol. The number of thioether (sulfide) groups is 1. The van der Waals surface area contributed by atoms with Crippen LogP contribution in [-0.2, 0) is 9.59 Å². The number of nitrogens with zero attached hydrogens (tertiary/aromatic N) is 2. The van der Waals surface area contributed by atoms with E-state index in [0.29, 0.717) is 12.0 Å². The van der Waals surface area contributed by atoms with Crippen LogP contribution in [0.15, 0.2) is 53.4 Å². The second kappa shape index (κ2) is 10.4. The molecule has 0 aliphatic carbocycles. The molecule has 8 nitrogen and oxygen atoms in total. The maximum absolute atomic E-state index is 12.6. The fraction of sp³-hybridized carbons (Fsp3) is 0.227. The molecule has 1 unspecified atom stereocenters.